The van der Waals surface area contributed by atoms with Crippen LogP contribution in [0, 0.1) is 0 Å². The van der Waals surface area contributed by atoms with E-state index in [1.807, 2.05) is 42.5 Å². The summed E-state index contributed by atoms with van der Waals surface area (Å²) in [6.45, 7) is 4.16. The van der Waals surface area contributed by atoms with Gasteiger partial charge in [-0.25, -0.2) is 0 Å². The third-order valence-corrected chi connectivity index (χ3v) is 3.39. The van der Waals surface area contributed by atoms with E-state index >= 15 is 0 Å². The molecule has 2 aromatic rings. The Morgan fingerprint density at radius 2 is 1.53 bits per heavy atom. The van der Waals surface area contributed by atoms with Crippen molar-refractivity contribution in [3.8, 4) is 0 Å². The van der Waals surface area contributed by atoms with E-state index in [0.717, 1.165) is 18.4 Å². The first-order valence-electron chi connectivity index (χ1n) is 6.67. The molecule has 0 saturated carbocycles. The third-order valence-electron chi connectivity index (χ3n) is 3.39. The SMILES string of the molecule is CCc1ccc(C(=O)c2ccc(CC)cc2N)cc1. The molecular formula is C17H19NO. The second-order valence-electron chi connectivity index (χ2n) is 4.65. The number of benzene rings is 2. The fourth-order valence-corrected chi connectivity index (χ4v) is 2.09. The van der Waals surface area contributed by atoms with Crippen molar-refractivity contribution < 1.29 is 4.79 Å². The van der Waals surface area contributed by atoms with Gasteiger partial charge in [-0.1, -0.05) is 44.2 Å². The van der Waals surface area contributed by atoms with E-state index in [-0.39, 0.29) is 5.78 Å². The summed E-state index contributed by atoms with van der Waals surface area (Å²) in [6, 6.07) is 13.4. The smallest absolute Gasteiger partial charge is 0.195 e. The van der Waals surface area contributed by atoms with Crippen LogP contribution in [0.3, 0.4) is 0 Å². The number of aryl methyl sites for hydroxylation is 2. The fraction of sp³-hybridized carbons (Fsp3) is 0.235. The van der Waals surface area contributed by atoms with E-state index in [9.17, 15) is 4.79 Å². The first-order valence-corrected chi connectivity index (χ1v) is 6.67. The second-order valence-corrected chi connectivity index (χ2v) is 4.65. The molecule has 0 radical (unpaired) electrons. The topological polar surface area (TPSA) is 43.1 Å². The van der Waals surface area contributed by atoms with Crippen LogP contribution in [0.2, 0.25) is 0 Å². The van der Waals surface area contributed by atoms with Crippen LogP contribution in [-0.2, 0) is 12.8 Å². The molecule has 2 heteroatoms. The number of hydrogen-bond donors (Lipinski definition) is 1. The summed E-state index contributed by atoms with van der Waals surface area (Å²) in [5, 5.41) is 0. The lowest BCUT2D eigenvalue weighted by Crippen LogP contribution is -2.06. The van der Waals surface area contributed by atoms with Crippen LogP contribution in [0.1, 0.15) is 40.9 Å². The Kier molecular flexibility index (Phi) is 4.00. The minimum absolute atomic E-state index is 0.0113. The Bertz CT molecular complexity index is 585. The molecule has 0 heterocycles. The highest BCUT2D eigenvalue weighted by Gasteiger charge is 2.12. The van der Waals surface area contributed by atoms with Gasteiger partial charge in [0.05, 0.1) is 0 Å². The Hall–Kier alpha value is -2.09. The van der Waals surface area contributed by atoms with E-state index in [1.165, 1.54) is 5.56 Å². The van der Waals surface area contributed by atoms with Crippen molar-refractivity contribution in [2.24, 2.45) is 0 Å². The minimum atomic E-state index is -0.0113. The first kappa shape index (κ1) is 13.3. The number of nitrogen functional groups attached to an aromatic ring is 1. The molecule has 0 fully saturated rings. The van der Waals surface area contributed by atoms with Crippen LogP contribution in [0.15, 0.2) is 42.5 Å². The molecule has 0 aliphatic heterocycles. The van der Waals surface area contributed by atoms with Crippen molar-refractivity contribution in [3.63, 3.8) is 0 Å². The zero-order chi connectivity index (χ0) is 13.8. The maximum atomic E-state index is 12.4. The van der Waals surface area contributed by atoms with E-state index in [4.69, 9.17) is 5.73 Å². The van der Waals surface area contributed by atoms with Crippen molar-refractivity contribution in [1.29, 1.82) is 0 Å². The number of hydrogen-bond acceptors (Lipinski definition) is 2. The van der Waals surface area contributed by atoms with Crippen molar-refractivity contribution in [3.05, 3.63) is 64.7 Å². The average Bonchev–Trinajstić information content (AvgIpc) is 2.46. The number of anilines is 1. The van der Waals surface area contributed by atoms with Crippen LogP contribution in [0.5, 0.6) is 0 Å². The molecule has 0 aromatic heterocycles. The summed E-state index contributed by atoms with van der Waals surface area (Å²) in [7, 11) is 0. The number of carbonyl (C=O) groups is 1. The monoisotopic (exact) mass is 253 g/mol. The predicted molar refractivity (Wildman–Crippen MR) is 79.5 cm³/mol. The molecule has 0 atom stereocenters. The third kappa shape index (κ3) is 2.84. The molecular weight excluding hydrogens is 234 g/mol. The molecule has 98 valence electrons. The Balaban J connectivity index is 2.32. The normalized spacial score (nSPS) is 10.4. The summed E-state index contributed by atoms with van der Waals surface area (Å²) < 4.78 is 0. The highest BCUT2D eigenvalue weighted by molar-refractivity contribution is 6.12. The minimum Gasteiger partial charge on any atom is -0.398 e. The Labute approximate surface area is 114 Å². The zero-order valence-electron chi connectivity index (χ0n) is 11.4. The van der Waals surface area contributed by atoms with Gasteiger partial charge in [0.1, 0.15) is 0 Å². The molecule has 0 unspecified atom stereocenters. The number of rotatable bonds is 4. The maximum absolute atomic E-state index is 12.4. The fourth-order valence-electron chi connectivity index (χ4n) is 2.09. The number of carbonyl (C=O) groups excluding carboxylic acids is 1. The molecule has 0 aliphatic carbocycles. The van der Waals surface area contributed by atoms with E-state index in [1.54, 1.807) is 0 Å². The van der Waals surface area contributed by atoms with E-state index in [0.29, 0.717) is 16.8 Å². The van der Waals surface area contributed by atoms with Gasteiger partial charge < -0.3 is 5.73 Å². The van der Waals surface area contributed by atoms with Gasteiger partial charge in [-0.05, 0) is 36.1 Å². The molecule has 0 spiro atoms. The maximum Gasteiger partial charge on any atom is 0.195 e. The molecule has 2 nitrogen and oxygen atoms in total. The summed E-state index contributed by atoms with van der Waals surface area (Å²) in [5.41, 5.74) is 10.2. The second kappa shape index (κ2) is 5.70. The molecule has 19 heavy (non-hydrogen) atoms. The van der Waals surface area contributed by atoms with Crippen molar-refractivity contribution >= 4 is 11.5 Å². The standard InChI is InChI=1S/C17H19NO/c1-3-12-5-8-14(9-6-12)17(19)15-10-7-13(4-2)11-16(15)18/h5-11H,3-4,18H2,1-2H3. The zero-order valence-corrected chi connectivity index (χ0v) is 11.4. The van der Waals surface area contributed by atoms with Crippen LogP contribution >= 0.6 is 0 Å². The van der Waals surface area contributed by atoms with Crippen molar-refractivity contribution in [1.82, 2.24) is 0 Å². The highest BCUT2D eigenvalue weighted by atomic mass is 16.1. The summed E-state index contributed by atoms with van der Waals surface area (Å²) in [5.74, 6) is -0.0113. The van der Waals surface area contributed by atoms with Crippen LogP contribution in [0.4, 0.5) is 5.69 Å². The predicted octanol–water partition coefficient (Wildman–Crippen LogP) is 3.62. The van der Waals surface area contributed by atoms with Gasteiger partial charge >= 0.3 is 0 Å². The van der Waals surface area contributed by atoms with Gasteiger partial charge in [0, 0.05) is 16.8 Å². The molecule has 2 aromatic carbocycles. The lowest BCUT2D eigenvalue weighted by Gasteiger charge is -2.07. The van der Waals surface area contributed by atoms with Crippen LogP contribution in [-0.4, -0.2) is 5.78 Å². The number of ketones is 1. The lowest BCUT2D eigenvalue weighted by atomic mass is 9.98. The van der Waals surface area contributed by atoms with Gasteiger partial charge in [0.2, 0.25) is 0 Å². The molecule has 0 bridgehead atoms. The average molecular weight is 253 g/mol. The van der Waals surface area contributed by atoms with E-state index in [2.05, 4.69) is 13.8 Å². The van der Waals surface area contributed by atoms with Gasteiger partial charge in [-0.15, -0.1) is 0 Å². The van der Waals surface area contributed by atoms with Gasteiger partial charge in [-0.3, -0.25) is 4.79 Å². The summed E-state index contributed by atoms with van der Waals surface area (Å²) in [4.78, 5) is 12.4. The molecule has 0 aliphatic rings. The summed E-state index contributed by atoms with van der Waals surface area (Å²) >= 11 is 0. The van der Waals surface area contributed by atoms with Gasteiger partial charge in [0.15, 0.2) is 5.78 Å². The van der Waals surface area contributed by atoms with Gasteiger partial charge in [-0.2, -0.15) is 0 Å². The Morgan fingerprint density at radius 1 is 0.947 bits per heavy atom. The molecule has 2 rings (SSSR count). The van der Waals surface area contributed by atoms with Crippen LogP contribution < -0.4 is 5.73 Å². The number of nitrogens with two attached hydrogens (primary N) is 1. The van der Waals surface area contributed by atoms with Crippen LogP contribution in [0.25, 0.3) is 0 Å². The van der Waals surface area contributed by atoms with Gasteiger partial charge in [0.25, 0.3) is 0 Å². The van der Waals surface area contributed by atoms with Crippen molar-refractivity contribution in [2.75, 3.05) is 5.73 Å². The summed E-state index contributed by atoms with van der Waals surface area (Å²) in [6.07, 6.45) is 1.89. The molecule has 0 amide bonds. The quantitative estimate of drug-likeness (QED) is 0.668. The van der Waals surface area contributed by atoms with E-state index < -0.39 is 0 Å². The largest absolute Gasteiger partial charge is 0.398 e. The van der Waals surface area contributed by atoms with Crippen molar-refractivity contribution in [2.45, 2.75) is 26.7 Å². The molecule has 0 saturated heterocycles. The first-order chi connectivity index (χ1) is 9.15. The molecule has 2 N–H and O–H groups in total. The Morgan fingerprint density at radius 3 is 2.05 bits per heavy atom. The highest BCUT2D eigenvalue weighted by Crippen LogP contribution is 2.19. The lowest BCUT2D eigenvalue weighted by molar-refractivity contribution is 0.103.